The number of alkyl halides is 3. The fourth-order valence-electron chi connectivity index (χ4n) is 1.52. The SMILES string of the molecule is FC(F)=C(F)N1CCC(C(F)(F)F)CC1. The van der Waals surface area contributed by atoms with Crippen LogP contribution in [0.5, 0.6) is 0 Å². The molecule has 15 heavy (non-hydrogen) atoms. The summed E-state index contributed by atoms with van der Waals surface area (Å²) in [5.41, 5.74) is 0. The summed E-state index contributed by atoms with van der Waals surface area (Å²) in [6, 6.07) is 0. The van der Waals surface area contributed by atoms with E-state index in [0.29, 0.717) is 4.90 Å². The molecule has 0 radical (unpaired) electrons. The van der Waals surface area contributed by atoms with Crippen molar-refractivity contribution < 1.29 is 26.3 Å². The first-order valence-electron chi connectivity index (χ1n) is 4.35. The van der Waals surface area contributed by atoms with Crippen molar-refractivity contribution in [2.75, 3.05) is 13.1 Å². The second-order valence-corrected chi connectivity index (χ2v) is 3.35. The van der Waals surface area contributed by atoms with Crippen LogP contribution >= 0.6 is 0 Å². The van der Waals surface area contributed by atoms with Gasteiger partial charge in [-0.25, -0.2) is 0 Å². The predicted octanol–water partition coefficient (Wildman–Crippen LogP) is 3.30. The predicted molar refractivity (Wildman–Crippen MR) is 40.7 cm³/mol. The fourth-order valence-corrected chi connectivity index (χ4v) is 1.52. The molecular formula is C8H9F6N. The maximum absolute atomic E-state index is 12.6. The quantitative estimate of drug-likeness (QED) is 0.496. The summed E-state index contributed by atoms with van der Waals surface area (Å²) in [6.07, 6.45) is -7.49. The lowest BCUT2D eigenvalue weighted by molar-refractivity contribution is -0.184. The molecular weight excluding hydrogens is 224 g/mol. The second-order valence-electron chi connectivity index (χ2n) is 3.35. The molecule has 0 aromatic carbocycles. The molecule has 1 nitrogen and oxygen atoms in total. The minimum atomic E-state index is -4.32. The molecule has 0 unspecified atom stereocenters. The van der Waals surface area contributed by atoms with Gasteiger partial charge in [-0.15, -0.1) is 0 Å². The Kier molecular flexibility index (Phi) is 3.51. The van der Waals surface area contributed by atoms with E-state index in [-0.39, 0.29) is 25.9 Å². The molecule has 0 bridgehead atoms. The van der Waals surface area contributed by atoms with Gasteiger partial charge in [-0.3, -0.25) is 0 Å². The third-order valence-corrected chi connectivity index (χ3v) is 2.39. The summed E-state index contributed by atoms with van der Waals surface area (Å²) in [5, 5.41) is 0. The van der Waals surface area contributed by atoms with Crippen LogP contribution < -0.4 is 0 Å². The molecule has 0 aliphatic carbocycles. The van der Waals surface area contributed by atoms with Crippen molar-refractivity contribution in [2.24, 2.45) is 5.92 Å². The number of rotatable bonds is 1. The molecule has 88 valence electrons. The number of hydrogen-bond acceptors (Lipinski definition) is 1. The van der Waals surface area contributed by atoms with E-state index in [4.69, 9.17) is 0 Å². The van der Waals surface area contributed by atoms with Crippen LogP contribution in [-0.2, 0) is 0 Å². The van der Waals surface area contributed by atoms with Gasteiger partial charge < -0.3 is 4.90 Å². The van der Waals surface area contributed by atoms with E-state index < -0.39 is 24.1 Å². The summed E-state index contributed by atoms with van der Waals surface area (Å²) < 4.78 is 72.6. The van der Waals surface area contributed by atoms with Crippen molar-refractivity contribution in [1.29, 1.82) is 0 Å². The van der Waals surface area contributed by atoms with Crippen molar-refractivity contribution in [2.45, 2.75) is 19.0 Å². The molecule has 1 aliphatic heterocycles. The van der Waals surface area contributed by atoms with Crippen LogP contribution in [0.1, 0.15) is 12.8 Å². The van der Waals surface area contributed by atoms with Crippen molar-refractivity contribution >= 4 is 0 Å². The summed E-state index contributed by atoms with van der Waals surface area (Å²) >= 11 is 0. The van der Waals surface area contributed by atoms with Gasteiger partial charge in [0.2, 0.25) is 0 Å². The zero-order valence-electron chi connectivity index (χ0n) is 7.62. The average Bonchev–Trinajstić information content (AvgIpc) is 2.15. The lowest BCUT2D eigenvalue weighted by Gasteiger charge is -2.32. The Balaban J connectivity index is 2.54. The van der Waals surface area contributed by atoms with Gasteiger partial charge in [0, 0.05) is 13.1 Å². The van der Waals surface area contributed by atoms with Gasteiger partial charge in [-0.2, -0.15) is 26.3 Å². The van der Waals surface area contributed by atoms with Crippen molar-refractivity contribution in [1.82, 2.24) is 4.90 Å². The third kappa shape index (κ3) is 3.04. The number of halogens is 6. The minimum absolute atomic E-state index is 0.326. The Bertz CT molecular complexity index is 246. The molecule has 0 N–H and O–H groups in total. The molecule has 1 fully saturated rings. The van der Waals surface area contributed by atoms with Gasteiger partial charge in [0.1, 0.15) is 0 Å². The largest absolute Gasteiger partial charge is 0.391 e. The van der Waals surface area contributed by atoms with Crippen LogP contribution in [0.4, 0.5) is 26.3 Å². The summed E-state index contributed by atoms with van der Waals surface area (Å²) in [6.45, 7) is -0.652. The Morgan fingerprint density at radius 2 is 1.47 bits per heavy atom. The Hall–Kier alpha value is -0.880. The molecule has 0 aromatic heterocycles. The molecule has 0 saturated carbocycles. The molecule has 7 heteroatoms. The second kappa shape index (κ2) is 4.32. The van der Waals surface area contributed by atoms with E-state index in [1.807, 2.05) is 0 Å². The molecule has 1 saturated heterocycles. The lowest BCUT2D eigenvalue weighted by Crippen LogP contribution is -2.37. The number of hydrogen-bond donors (Lipinski definition) is 0. The molecule has 1 rings (SSSR count). The van der Waals surface area contributed by atoms with Gasteiger partial charge in [0.25, 0.3) is 5.95 Å². The Morgan fingerprint density at radius 1 is 1.00 bits per heavy atom. The average molecular weight is 233 g/mol. The summed E-state index contributed by atoms with van der Waals surface area (Å²) in [4.78, 5) is 0.636. The van der Waals surface area contributed by atoms with Gasteiger partial charge in [-0.05, 0) is 12.8 Å². The molecule has 0 aromatic rings. The van der Waals surface area contributed by atoms with Gasteiger partial charge >= 0.3 is 12.3 Å². The highest BCUT2D eigenvalue weighted by Gasteiger charge is 2.41. The number of piperidine rings is 1. The highest BCUT2D eigenvalue weighted by molar-refractivity contribution is 4.94. The standard InChI is InChI=1S/C8H9F6N/c9-6(10)7(11)15-3-1-5(2-4-15)8(12,13)14/h5H,1-4H2. The molecule has 0 atom stereocenters. The fraction of sp³-hybridized carbons (Fsp3) is 0.750. The normalized spacial score (nSPS) is 19.2. The van der Waals surface area contributed by atoms with E-state index in [2.05, 4.69) is 0 Å². The van der Waals surface area contributed by atoms with E-state index >= 15 is 0 Å². The zero-order valence-corrected chi connectivity index (χ0v) is 7.62. The lowest BCUT2D eigenvalue weighted by atomic mass is 9.96. The van der Waals surface area contributed by atoms with Crippen LogP contribution in [0.3, 0.4) is 0 Å². The minimum Gasteiger partial charge on any atom is -0.344 e. The van der Waals surface area contributed by atoms with Crippen molar-refractivity contribution in [3.63, 3.8) is 0 Å². The summed E-state index contributed by atoms with van der Waals surface area (Å²) in [7, 11) is 0. The first-order chi connectivity index (χ1) is 6.82. The van der Waals surface area contributed by atoms with E-state index in [0.717, 1.165) is 0 Å². The molecule has 1 aliphatic rings. The number of nitrogens with zero attached hydrogens (tertiary/aromatic N) is 1. The Labute approximate surface area is 82.4 Å². The first kappa shape index (κ1) is 12.2. The van der Waals surface area contributed by atoms with Gasteiger partial charge in [0.05, 0.1) is 5.92 Å². The zero-order chi connectivity index (χ0) is 11.6. The third-order valence-electron chi connectivity index (χ3n) is 2.39. The van der Waals surface area contributed by atoms with Gasteiger partial charge in [0.15, 0.2) is 0 Å². The van der Waals surface area contributed by atoms with Crippen LogP contribution in [0.2, 0.25) is 0 Å². The molecule has 1 heterocycles. The smallest absolute Gasteiger partial charge is 0.344 e. The molecule has 0 spiro atoms. The van der Waals surface area contributed by atoms with Crippen LogP contribution in [0, 0.1) is 5.92 Å². The summed E-state index contributed by atoms with van der Waals surface area (Å²) in [5.74, 6) is -3.22. The monoisotopic (exact) mass is 233 g/mol. The maximum Gasteiger partial charge on any atom is 0.391 e. The van der Waals surface area contributed by atoms with Gasteiger partial charge in [-0.1, -0.05) is 0 Å². The first-order valence-corrected chi connectivity index (χ1v) is 4.35. The van der Waals surface area contributed by atoms with Crippen LogP contribution in [0.25, 0.3) is 0 Å². The highest BCUT2D eigenvalue weighted by Crippen LogP contribution is 2.35. The molecule has 0 amide bonds. The van der Waals surface area contributed by atoms with Crippen LogP contribution in [0.15, 0.2) is 12.0 Å². The van der Waals surface area contributed by atoms with Crippen molar-refractivity contribution in [3.05, 3.63) is 12.0 Å². The number of likely N-dealkylation sites (tertiary alicyclic amines) is 1. The topological polar surface area (TPSA) is 3.24 Å². The van der Waals surface area contributed by atoms with Crippen molar-refractivity contribution in [3.8, 4) is 0 Å². The maximum atomic E-state index is 12.6. The van der Waals surface area contributed by atoms with E-state index in [9.17, 15) is 26.3 Å². The van der Waals surface area contributed by atoms with E-state index in [1.54, 1.807) is 0 Å². The Morgan fingerprint density at radius 3 is 1.80 bits per heavy atom. The highest BCUT2D eigenvalue weighted by atomic mass is 19.4. The van der Waals surface area contributed by atoms with Crippen LogP contribution in [-0.4, -0.2) is 24.2 Å². The van der Waals surface area contributed by atoms with E-state index in [1.165, 1.54) is 0 Å².